The standard InChI is InChI=1S/C25H56N3O3P.3ClH/c1-3-5-6-7-8-9-10-11-12-13-14-15-16-24-31-32(29,30-4-2)25-23-28(21-17-19-26)22-18-20-27;;;/h3-27H2,1-2H3;3*1H. The largest absolute Gasteiger partial charge is 0.331 e. The van der Waals surface area contributed by atoms with Crippen molar-refractivity contribution in [1.82, 2.24) is 4.90 Å². The Bertz CT molecular complexity index is 434. The second-order valence-electron chi connectivity index (χ2n) is 8.95. The van der Waals surface area contributed by atoms with Crippen LogP contribution in [-0.2, 0) is 13.6 Å². The highest BCUT2D eigenvalue weighted by molar-refractivity contribution is 7.53. The highest BCUT2D eigenvalue weighted by Gasteiger charge is 2.24. The lowest BCUT2D eigenvalue weighted by atomic mass is 10.0. The Labute approximate surface area is 236 Å². The summed E-state index contributed by atoms with van der Waals surface area (Å²) in [6, 6.07) is 0. The normalized spacial score (nSPS) is 12.5. The zero-order valence-electron chi connectivity index (χ0n) is 22.8. The fraction of sp³-hybridized carbons (Fsp3) is 1.00. The Morgan fingerprint density at radius 3 is 1.43 bits per heavy atom. The molecule has 35 heavy (non-hydrogen) atoms. The van der Waals surface area contributed by atoms with E-state index in [1.807, 2.05) is 6.92 Å². The summed E-state index contributed by atoms with van der Waals surface area (Å²) < 4.78 is 24.4. The van der Waals surface area contributed by atoms with Gasteiger partial charge in [-0.15, -0.1) is 37.2 Å². The van der Waals surface area contributed by atoms with E-state index in [-0.39, 0.29) is 37.2 Å². The van der Waals surface area contributed by atoms with Crippen LogP contribution in [0.15, 0.2) is 0 Å². The summed E-state index contributed by atoms with van der Waals surface area (Å²) >= 11 is 0. The van der Waals surface area contributed by atoms with E-state index in [4.69, 9.17) is 20.5 Å². The minimum absolute atomic E-state index is 0. The van der Waals surface area contributed by atoms with Crippen molar-refractivity contribution in [2.45, 2.75) is 110 Å². The summed E-state index contributed by atoms with van der Waals surface area (Å²) in [5, 5.41) is 0. The molecule has 1 unspecified atom stereocenters. The third-order valence-corrected chi connectivity index (χ3v) is 7.88. The number of rotatable bonds is 26. The molecule has 0 bridgehead atoms. The molecule has 0 amide bonds. The first-order valence-corrected chi connectivity index (χ1v) is 15.3. The number of hydrogen-bond donors (Lipinski definition) is 2. The molecule has 0 aromatic rings. The van der Waals surface area contributed by atoms with Crippen molar-refractivity contribution in [1.29, 1.82) is 0 Å². The van der Waals surface area contributed by atoms with Crippen LogP contribution in [0.1, 0.15) is 110 Å². The van der Waals surface area contributed by atoms with Crippen LogP contribution in [0.5, 0.6) is 0 Å². The molecule has 0 heterocycles. The van der Waals surface area contributed by atoms with Gasteiger partial charge in [0.2, 0.25) is 0 Å². The Morgan fingerprint density at radius 2 is 1.03 bits per heavy atom. The number of nitrogens with zero attached hydrogens (tertiary/aromatic N) is 1. The van der Waals surface area contributed by atoms with Crippen LogP contribution >= 0.6 is 44.8 Å². The Morgan fingerprint density at radius 1 is 0.600 bits per heavy atom. The second-order valence-corrected chi connectivity index (χ2v) is 11.1. The van der Waals surface area contributed by atoms with Gasteiger partial charge in [-0.25, -0.2) is 0 Å². The predicted octanol–water partition coefficient (Wildman–Crippen LogP) is 7.59. The van der Waals surface area contributed by atoms with Crippen LogP contribution in [0.25, 0.3) is 0 Å². The van der Waals surface area contributed by atoms with E-state index >= 15 is 0 Å². The van der Waals surface area contributed by atoms with Crippen molar-refractivity contribution in [3.63, 3.8) is 0 Å². The highest BCUT2D eigenvalue weighted by atomic mass is 35.5. The molecule has 0 radical (unpaired) electrons. The molecule has 0 aromatic carbocycles. The molecule has 0 aliphatic heterocycles. The first-order chi connectivity index (χ1) is 15.6. The smallest absolute Gasteiger partial charge is 0.330 e. The molecule has 10 heteroatoms. The van der Waals surface area contributed by atoms with E-state index in [0.29, 0.717) is 39.0 Å². The molecule has 0 saturated carbocycles. The third-order valence-electron chi connectivity index (χ3n) is 5.91. The second kappa shape index (κ2) is 32.9. The van der Waals surface area contributed by atoms with E-state index < -0.39 is 7.60 Å². The van der Waals surface area contributed by atoms with Crippen molar-refractivity contribution in [2.24, 2.45) is 11.5 Å². The van der Waals surface area contributed by atoms with Gasteiger partial charge in [0.1, 0.15) is 0 Å². The third kappa shape index (κ3) is 29.3. The number of unbranched alkanes of at least 4 members (excludes halogenated alkanes) is 12. The van der Waals surface area contributed by atoms with Gasteiger partial charge >= 0.3 is 7.60 Å². The summed E-state index contributed by atoms with van der Waals surface area (Å²) in [7, 11) is -3.03. The van der Waals surface area contributed by atoms with E-state index in [9.17, 15) is 4.57 Å². The lowest BCUT2D eigenvalue weighted by Crippen LogP contribution is -2.31. The molecule has 1 atom stereocenters. The molecule has 0 saturated heterocycles. The van der Waals surface area contributed by atoms with Crippen LogP contribution in [0.2, 0.25) is 0 Å². The topological polar surface area (TPSA) is 90.8 Å². The summed E-state index contributed by atoms with van der Waals surface area (Å²) in [5.74, 6) is 0. The zero-order chi connectivity index (χ0) is 23.8. The molecule has 0 aliphatic carbocycles. The molecule has 4 N–H and O–H groups in total. The Kier molecular flexibility index (Phi) is 40.4. The monoisotopic (exact) mass is 585 g/mol. The van der Waals surface area contributed by atoms with Crippen LogP contribution in [0.4, 0.5) is 0 Å². The van der Waals surface area contributed by atoms with Gasteiger partial charge in [0, 0.05) is 6.54 Å². The molecular formula is C25H59Cl3N3O3P. The van der Waals surface area contributed by atoms with Crippen molar-refractivity contribution in [3.8, 4) is 0 Å². The lowest BCUT2D eigenvalue weighted by molar-refractivity contribution is 0.200. The van der Waals surface area contributed by atoms with Gasteiger partial charge in [0.15, 0.2) is 0 Å². The molecule has 6 nitrogen and oxygen atoms in total. The summed E-state index contributed by atoms with van der Waals surface area (Å²) in [6.07, 6.45) is 19.4. The summed E-state index contributed by atoms with van der Waals surface area (Å²) in [4.78, 5) is 2.28. The first-order valence-electron chi connectivity index (χ1n) is 13.6. The average Bonchev–Trinajstić information content (AvgIpc) is 2.79. The van der Waals surface area contributed by atoms with E-state index in [1.165, 1.54) is 70.6 Å². The van der Waals surface area contributed by atoms with Gasteiger partial charge in [0.25, 0.3) is 0 Å². The Hall–Kier alpha value is 0.900. The lowest BCUT2D eigenvalue weighted by Gasteiger charge is -2.25. The van der Waals surface area contributed by atoms with Crippen molar-refractivity contribution in [3.05, 3.63) is 0 Å². The molecule has 0 rings (SSSR count). The maximum Gasteiger partial charge on any atom is 0.331 e. The minimum atomic E-state index is -3.03. The summed E-state index contributed by atoms with van der Waals surface area (Å²) in [6.45, 7) is 8.94. The maximum atomic E-state index is 13.1. The fourth-order valence-corrected chi connectivity index (χ4v) is 5.58. The maximum absolute atomic E-state index is 13.1. The van der Waals surface area contributed by atoms with Crippen LogP contribution in [0.3, 0.4) is 0 Å². The predicted molar refractivity (Wildman–Crippen MR) is 161 cm³/mol. The Balaban J connectivity index is -0.00000160. The zero-order valence-corrected chi connectivity index (χ0v) is 26.1. The van der Waals surface area contributed by atoms with Gasteiger partial charge in [-0.1, -0.05) is 84.0 Å². The van der Waals surface area contributed by atoms with Crippen molar-refractivity contribution >= 4 is 44.8 Å². The van der Waals surface area contributed by atoms with Gasteiger partial charge < -0.3 is 25.4 Å². The molecule has 0 aromatic heterocycles. The number of hydrogen-bond acceptors (Lipinski definition) is 6. The number of halogens is 3. The van der Waals surface area contributed by atoms with Crippen LogP contribution in [-0.4, -0.2) is 57.0 Å². The van der Waals surface area contributed by atoms with E-state index in [1.54, 1.807) is 0 Å². The quantitative estimate of drug-likeness (QED) is 0.0801. The van der Waals surface area contributed by atoms with Crippen LogP contribution < -0.4 is 11.5 Å². The van der Waals surface area contributed by atoms with Gasteiger partial charge in [-0.2, -0.15) is 0 Å². The highest BCUT2D eigenvalue weighted by Crippen LogP contribution is 2.48. The van der Waals surface area contributed by atoms with Gasteiger partial charge in [-0.3, -0.25) is 4.57 Å². The van der Waals surface area contributed by atoms with Crippen molar-refractivity contribution in [2.75, 3.05) is 52.1 Å². The van der Waals surface area contributed by atoms with Crippen LogP contribution in [0, 0.1) is 0 Å². The SMILES string of the molecule is CCCCCCCCCCCCCCCOP(=O)(CCN(CCCN)CCCN)OCC.Cl.Cl.Cl. The number of nitrogens with two attached hydrogens (primary N) is 2. The molecule has 0 fully saturated rings. The molecular weight excluding hydrogens is 528 g/mol. The fourth-order valence-electron chi connectivity index (χ4n) is 3.92. The van der Waals surface area contributed by atoms with Crippen molar-refractivity contribution < 1.29 is 13.6 Å². The molecule has 0 aliphatic rings. The summed E-state index contributed by atoms with van der Waals surface area (Å²) in [5.41, 5.74) is 11.3. The molecule has 0 spiro atoms. The average molecular weight is 587 g/mol. The molecule has 218 valence electrons. The van der Waals surface area contributed by atoms with E-state index in [2.05, 4.69) is 11.8 Å². The van der Waals surface area contributed by atoms with Gasteiger partial charge in [0.05, 0.1) is 19.4 Å². The van der Waals surface area contributed by atoms with E-state index in [0.717, 1.165) is 38.8 Å². The van der Waals surface area contributed by atoms with Gasteiger partial charge in [-0.05, 0) is 52.4 Å². The minimum Gasteiger partial charge on any atom is -0.330 e. The first kappa shape index (κ1) is 43.0.